The van der Waals surface area contributed by atoms with Gasteiger partial charge in [-0.15, -0.1) is 0 Å². The lowest BCUT2D eigenvalue weighted by molar-refractivity contribution is -0.344. The van der Waals surface area contributed by atoms with E-state index in [0.29, 0.717) is 12.8 Å². The van der Waals surface area contributed by atoms with Gasteiger partial charge in [-0.3, -0.25) is 9.59 Å². The van der Waals surface area contributed by atoms with Crippen LogP contribution in [0.15, 0.2) is 24.3 Å². The van der Waals surface area contributed by atoms with Crippen LogP contribution in [-0.2, 0) is 47.5 Å². The number of nitrogens with zero attached hydrogens (tertiary/aromatic N) is 1. The molecule has 0 amide bonds. The van der Waals surface area contributed by atoms with Crippen molar-refractivity contribution in [2.75, 3.05) is 21.2 Å². The van der Waals surface area contributed by atoms with Gasteiger partial charge in [0, 0.05) is 32.8 Å². The van der Waals surface area contributed by atoms with E-state index in [1.165, 1.54) is 7.11 Å². The molecule has 0 aromatic heterocycles. The van der Waals surface area contributed by atoms with Gasteiger partial charge in [0.15, 0.2) is 18.7 Å². The van der Waals surface area contributed by atoms with Gasteiger partial charge in [0.25, 0.3) is 0 Å². The van der Waals surface area contributed by atoms with Gasteiger partial charge in [0.1, 0.15) is 36.3 Å². The van der Waals surface area contributed by atoms with Crippen molar-refractivity contribution >= 4 is 18.2 Å². The molecule has 0 aromatic carbocycles. The molecule has 0 bridgehead atoms. The van der Waals surface area contributed by atoms with E-state index in [2.05, 4.69) is 0 Å². The first-order chi connectivity index (χ1) is 26.4. The molecule has 0 aliphatic carbocycles. The quantitative estimate of drug-likeness (QED) is 0.120. The van der Waals surface area contributed by atoms with Crippen molar-refractivity contribution in [2.24, 2.45) is 11.8 Å². The monoisotopic (exact) mass is 799 g/mol. The maximum absolute atomic E-state index is 12.9. The van der Waals surface area contributed by atoms with Crippen molar-refractivity contribution in [2.45, 2.75) is 185 Å². The highest BCUT2D eigenvalue weighted by atomic mass is 16.7. The molecule has 322 valence electrons. The Kier molecular flexibility index (Phi) is 19.5. The summed E-state index contributed by atoms with van der Waals surface area (Å²) in [4.78, 5) is 39.3. The Morgan fingerprint density at radius 2 is 1.73 bits per heavy atom. The van der Waals surface area contributed by atoms with Crippen LogP contribution < -0.4 is 0 Å². The van der Waals surface area contributed by atoms with Crippen LogP contribution in [0.4, 0.5) is 0 Å². The summed E-state index contributed by atoms with van der Waals surface area (Å²) in [6.07, 6.45) is -1.26. The largest absolute Gasteiger partial charge is 0.462 e. The van der Waals surface area contributed by atoms with Gasteiger partial charge in [-0.2, -0.15) is 0 Å². The van der Waals surface area contributed by atoms with E-state index in [1.807, 2.05) is 19.9 Å². The van der Waals surface area contributed by atoms with Crippen molar-refractivity contribution in [1.82, 2.24) is 4.90 Å². The van der Waals surface area contributed by atoms with Crippen LogP contribution in [0.1, 0.15) is 99.3 Å². The van der Waals surface area contributed by atoms with Gasteiger partial charge >= 0.3 is 11.9 Å². The molecule has 3 aliphatic heterocycles. The number of aldehydes is 1. The zero-order valence-electron chi connectivity index (χ0n) is 34.7. The van der Waals surface area contributed by atoms with Gasteiger partial charge in [-0.25, -0.2) is 0 Å². The summed E-state index contributed by atoms with van der Waals surface area (Å²) in [5, 5.41) is 45.8. The molecule has 0 aromatic rings. The molecule has 0 unspecified atom stereocenters. The molecule has 0 spiro atoms. The number of allylic oxidation sites excluding steroid dienone is 2. The Hall–Kier alpha value is -2.31. The number of cyclic esters (lactones) is 1. The molecule has 3 rings (SSSR count). The van der Waals surface area contributed by atoms with Crippen LogP contribution >= 0.6 is 0 Å². The standard InChI is InChI=1S/C41H69NO14/c1-10-11-13-18-31(46)54-39-27(5)52-33(23-41(39,6)49)55-36-26(4)53-40(35(48)34(36)42(7)8)56-37-28(19-20-43)21-24(2)29(44)17-15-12-14-16-25(3)51-32(47)22-30(45)38(37)50-9/h12,14-15,17,20,24-30,33-40,44-45,48-49H,10-11,13,16,18-19,21-23H2,1-9H3/b14-12+,17-15+/t24-,25-,26-,27+,28+,29+,30-,33+,34-,35-,36-,37+,38+,39+,40+,41-/m1/s1. The van der Waals surface area contributed by atoms with Crippen LogP contribution in [-0.4, -0.2) is 150 Å². The van der Waals surface area contributed by atoms with Gasteiger partial charge < -0.3 is 63.3 Å². The first-order valence-electron chi connectivity index (χ1n) is 20.2. The summed E-state index contributed by atoms with van der Waals surface area (Å²) in [7, 11) is 4.87. The number of unbranched alkanes of at least 4 members (excludes halogenated alkanes) is 2. The van der Waals surface area contributed by atoms with Crippen molar-refractivity contribution in [1.29, 1.82) is 0 Å². The lowest BCUT2D eigenvalue weighted by Crippen LogP contribution is -2.66. The molecule has 0 saturated carbocycles. The molecule has 4 N–H and O–H groups in total. The molecule has 3 heterocycles. The predicted octanol–water partition coefficient (Wildman–Crippen LogP) is 2.98. The highest BCUT2D eigenvalue weighted by Gasteiger charge is 2.52. The normalized spacial score (nSPS) is 41.8. The Bertz CT molecular complexity index is 1280. The number of hydrogen-bond donors (Lipinski definition) is 4. The number of rotatable bonds is 13. The van der Waals surface area contributed by atoms with E-state index in [0.717, 1.165) is 19.1 Å². The summed E-state index contributed by atoms with van der Waals surface area (Å²) in [6, 6.07) is -0.751. The molecular weight excluding hydrogens is 730 g/mol. The minimum Gasteiger partial charge on any atom is -0.462 e. The number of carbonyl (C=O) groups is 3. The average molecular weight is 800 g/mol. The number of aliphatic hydroxyl groups is 4. The van der Waals surface area contributed by atoms with Crippen LogP contribution in [0.2, 0.25) is 0 Å². The third kappa shape index (κ3) is 13.6. The summed E-state index contributed by atoms with van der Waals surface area (Å²) in [5.74, 6) is -2.08. The molecule has 2 saturated heterocycles. The van der Waals surface area contributed by atoms with Gasteiger partial charge in [0.05, 0.1) is 43.0 Å². The third-order valence-corrected chi connectivity index (χ3v) is 11.0. The number of methoxy groups -OCH3 is 1. The molecule has 2 fully saturated rings. The maximum Gasteiger partial charge on any atom is 0.308 e. The van der Waals surface area contributed by atoms with Gasteiger partial charge in [-0.05, 0) is 66.5 Å². The summed E-state index contributed by atoms with van der Waals surface area (Å²) in [6.45, 7) is 10.6. The maximum atomic E-state index is 12.9. The molecule has 0 radical (unpaired) electrons. The van der Waals surface area contributed by atoms with E-state index in [1.54, 1.807) is 64.9 Å². The van der Waals surface area contributed by atoms with Gasteiger partial charge in [0.2, 0.25) is 0 Å². The zero-order chi connectivity index (χ0) is 41.7. The van der Waals surface area contributed by atoms with Crippen LogP contribution in [0.5, 0.6) is 0 Å². The molecule has 56 heavy (non-hydrogen) atoms. The topological polar surface area (TPSA) is 200 Å². The second-order valence-corrected chi connectivity index (χ2v) is 16.2. The Balaban J connectivity index is 1.88. The molecule has 16 atom stereocenters. The first kappa shape index (κ1) is 48.1. The van der Waals surface area contributed by atoms with Crippen LogP contribution in [0.3, 0.4) is 0 Å². The minimum atomic E-state index is -1.48. The zero-order valence-corrected chi connectivity index (χ0v) is 34.7. The Morgan fingerprint density at radius 1 is 1.02 bits per heavy atom. The fourth-order valence-corrected chi connectivity index (χ4v) is 7.97. The molecule has 15 heteroatoms. The molecule has 3 aliphatic rings. The number of hydrogen-bond acceptors (Lipinski definition) is 15. The van der Waals surface area contributed by atoms with E-state index in [9.17, 15) is 34.8 Å². The number of carbonyl (C=O) groups excluding carboxylic acids is 3. The molecular formula is C41H69NO14. The summed E-state index contributed by atoms with van der Waals surface area (Å²) in [5.41, 5.74) is -1.48. The van der Waals surface area contributed by atoms with Crippen LogP contribution in [0.25, 0.3) is 0 Å². The summed E-state index contributed by atoms with van der Waals surface area (Å²) >= 11 is 0. The van der Waals surface area contributed by atoms with Crippen molar-refractivity contribution in [3.8, 4) is 0 Å². The first-order valence-corrected chi connectivity index (χ1v) is 20.2. The lowest BCUT2D eigenvalue weighted by Gasteiger charge is -2.50. The highest BCUT2D eigenvalue weighted by Crippen LogP contribution is 2.37. The Morgan fingerprint density at radius 3 is 2.36 bits per heavy atom. The fourth-order valence-electron chi connectivity index (χ4n) is 7.97. The van der Waals surface area contributed by atoms with Crippen molar-refractivity contribution < 1.29 is 68.0 Å². The van der Waals surface area contributed by atoms with E-state index < -0.39 is 110 Å². The number of esters is 2. The van der Waals surface area contributed by atoms with Crippen molar-refractivity contribution in [3.05, 3.63) is 24.3 Å². The SMILES string of the molecule is CCCCCC(=O)O[C@H]1[C@H](C)O[C@@H](O[C@H]2[C@H](N(C)C)[C@@H](O)[C@H](O[C@H]3[C@@H](CC=O)C[C@@H](C)[C@@H](O)/C=C/C=C/C[C@@H](C)OC(=O)C[C@@H](O)[C@@H]3OC)O[C@@H]2C)C[C@@]1(C)O. The lowest BCUT2D eigenvalue weighted by atomic mass is 9.82. The van der Waals surface area contributed by atoms with E-state index in [4.69, 9.17) is 33.2 Å². The smallest absolute Gasteiger partial charge is 0.308 e. The van der Waals surface area contributed by atoms with E-state index in [-0.39, 0.29) is 31.6 Å². The summed E-state index contributed by atoms with van der Waals surface area (Å²) < 4.78 is 42.5. The van der Waals surface area contributed by atoms with Crippen molar-refractivity contribution in [3.63, 3.8) is 0 Å². The minimum absolute atomic E-state index is 0.0246. The molecule has 15 nitrogen and oxygen atoms in total. The Labute approximate surface area is 332 Å². The van der Waals surface area contributed by atoms with Gasteiger partial charge in [-0.1, -0.05) is 51.0 Å². The van der Waals surface area contributed by atoms with E-state index >= 15 is 0 Å². The number of aliphatic hydroxyl groups excluding tert-OH is 3. The second kappa shape index (κ2) is 22.7. The average Bonchev–Trinajstić information content (AvgIpc) is 3.10. The third-order valence-electron chi connectivity index (χ3n) is 11.0. The number of likely N-dealkylation sites (N-methyl/N-ethyl adjacent to an activating group) is 1. The van der Waals surface area contributed by atoms with Crippen LogP contribution in [0, 0.1) is 11.8 Å². The second-order valence-electron chi connectivity index (χ2n) is 16.2. The number of ether oxygens (including phenoxy) is 7. The fraction of sp³-hybridized carbons (Fsp3) is 0.829. The highest BCUT2D eigenvalue weighted by molar-refractivity contribution is 5.70. The predicted molar refractivity (Wildman–Crippen MR) is 205 cm³/mol.